The number of rotatable bonds is 1. The van der Waals surface area contributed by atoms with Crippen LogP contribution in [-0.4, -0.2) is 17.8 Å². The van der Waals surface area contributed by atoms with Crippen molar-refractivity contribution in [3.05, 3.63) is 11.8 Å². The molecule has 1 unspecified atom stereocenters. The van der Waals surface area contributed by atoms with E-state index in [0.717, 1.165) is 19.4 Å². The molecule has 2 nitrogen and oxygen atoms in total. The molecule has 11 heavy (non-hydrogen) atoms. The van der Waals surface area contributed by atoms with Crippen molar-refractivity contribution < 1.29 is 9.84 Å². The van der Waals surface area contributed by atoms with E-state index in [1.165, 1.54) is 0 Å². The minimum absolute atomic E-state index is 0.176. The van der Waals surface area contributed by atoms with Crippen molar-refractivity contribution in [1.82, 2.24) is 0 Å². The number of aliphatic hydroxyl groups excluding tert-OH is 1. The predicted octanol–water partition coefficient (Wildman–Crippen LogP) is 2.65. The molecule has 2 heteroatoms. The molecule has 0 amide bonds. The Balaban J connectivity index is 0.000000461. The summed E-state index contributed by atoms with van der Waals surface area (Å²) in [5, 5.41) is 8.79. The molecule has 0 aromatic carbocycles. The SMILES string of the molecule is C/C(O)=C/C1CCCO1.CC. The lowest BCUT2D eigenvalue weighted by Gasteiger charge is -2.00. The van der Waals surface area contributed by atoms with E-state index < -0.39 is 0 Å². The Labute approximate surface area is 68.9 Å². The Morgan fingerprint density at radius 3 is 2.55 bits per heavy atom. The molecule has 1 rings (SSSR count). The molecule has 0 aromatic rings. The fraction of sp³-hybridized carbons (Fsp3) is 0.778. The summed E-state index contributed by atoms with van der Waals surface area (Å²) in [6.07, 6.45) is 4.11. The number of hydrogen-bond acceptors (Lipinski definition) is 2. The maximum absolute atomic E-state index is 8.79. The van der Waals surface area contributed by atoms with Gasteiger partial charge in [-0.05, 0) is 25.8 Å². The summed E-state index contributed by atoms with van der Waals surface area (Å²) >= 11 is 0. The maximum atomic E-state index is 8.79. The van der Waals surface area contributed by atoms with Crippen LogP contribution in [0.1, 0.15) is 33.6 Å². The van der Waals surface area contributed by atoms with Gasteiger partial charge in [0.1, 0.15) is 0 Å². The highest BCUT2D eigenvalue weighted by molar-refractivity contribution is 4.94. The Bertz CT molecular complexity index is 109. The minimum Gasteiger partial charge on any atom is -0.513 e. The Morgan fingerprint density at radius 2 is 2.18 bits per heavy atom. The van der Waals surface area contributed by atoms with Crippen LogP contribution in [0.15, 0.2) is 11.8 Å². The van der Waals surface area contributed by atoms with E-state index in [-0.39, 0.29) is 6.10 Å². The molecular formula is C9H18O2. The summed E-state index contributed by atoms with van der Waals surface area (Å²) in [6.45, 7) is 6.51. The number of allylic oxidation sites excluding steroid dienone is 1. The van der Waals surface area contributed by atoms with Gasteiger partial charge in [-0.3, -0.25) is 0 Å². The molecule has 1 atom stereocenters. The molecule has 0 radical (unpaired) electrons. The molecular weight excluding hydrogens is 140 g/mol. The Morgan fingerprint density at radius 1 is 1.55 bits per heavy atom. The number of hydrogen-bond donors (Lipinski definition) is 1. The first kappa shape index (κ1) is 10.5. The largest absolute Gasteiger partial charge is 0.513 e. The smallest absolute Gasteiger partial charge is 0.0877 e. The average molecular weight is 158 g/mol. The zero-order chi connectivity index (χ0) is 8.69. The van der Waals surface area contributed by atoms with Gasteiger partial charge >= 0.3 is 0 Å². The summed E-state index contributed by atoms with van der Waals surface area (Å²) in [6, 6.07) is 0. The average Bonchev–Trinajstić information content (AvgIpc) is 2.43. The van der Waals surface area contributed by atoms with Crippen LogP contribution in [0.2, 0.25) is 0 Å². The number of ether oxygens (including phenoxy) is 1. The molecule has 1 saturated heterocycles. The zero-order valence-corrected chi connectivity index (χ0v) is 7.63. The van der Waals surface area contributed by atoms with E-state index in [2.05, 4.69) is 0 Å². The van der Waals surface area contributed by atoms with Crippen molar-refractivity contribution in [1.29, 1.82) is 0 Å². The van der Waals surface area contributed by atoms with Gasteiger partial charge in [-0.2, -0.15) is 0 Å². The van der Waals surface area contributed by atoms with Crippen LogP contribution in [0.4, 0.5) is 0 Å². The van der Waals surface area contributed by atoms with Gasteiger partial charge in [0.05, 0.1) is 11.9 Å². The second-order valence-corrected chi connectivity index (χ2v) is 2.36. The van der Waals surface area contributed by atoms with Gasteiger partial charge in [0.25, 0.3) is 0 Å². The second-order valence-electron chi connectivity index (χ2n) is 2.36. The fourth-order valence-corrected chi connectivity index (χ4v) is 1.00. The van der Waals surface area contributed by atoms with Gasteiger partial charge < -0.3 is 9.84 Å². The van der Waals surface area contributed by atoms with Crippen molar-refractivity contribution >= 4 is 0 Å². The highest BCUT2D eigenvalue weighted by Gasteiger charge is 2.11. The zero-order valence-electron chi connectivity index (χ0n) is 7.63. The summed E-state index contributed by atoms with van der Waals surface area (Å²) in [5.41, 5.74) is 0. The van der Waals surface area contributed by atoms with Crippen molar-refractivity contribution in [2.45, 2.75) is 39.7 Å². The van der Waals surface area contributed by atoms with Gasteiger partial charge in [0.15, 0.2) is 0 Å². The van der Waals surface area contributed by atoms with Gasteiger partial charge in [-0.1, -0.05) is 13.8 Å². The van der Waals surface area contributed by atoms with Crippen LogP contribution in [0.5, 0.6) is 0 Å². The van der Waals surface area contributed by atoms with Gasteiger partial charge in [-0.25, -0.2) is 0 Å². The monoisotopic (exact) mass is 158 g/mol. The minimum atomic E-state index is 0.176. The van der Waals surface area contributed by atoms with Crippen LogP contribution in [0, 0.1) is 0 Å². The third kappa shape index (κ3) is 4.85. The van der Waals surface area contributed by atoms with E-state index in [0.29, 0.717) is 5.76 Å². The molecule has 0 spiro atoms. The molecule has 0 saturated carbocycles. The van der Waals surface area contributed by atoms with Crippen LogP contribution >= 0.6 is 0 Å². The lowest BCUT2D eigenvalue weighted by Crippen LogP contribution is -2.00. The van der Waals surface area contributed by atoms with E-state index in [1.54, 1.807) is 13.0 Å². The fourth-order valence-electron chi connectivity index (χ4n) is 1.00. The quantitative estimate of drug-likeness (QED) is 0.594. The summed E-state index contributed by atoms with van der Waals surface area (Å²) in [5.74, 6) is 0.363. The van der Waals surface area contributed by atoms with Crippen LogP contribution in [0.25, 0.3) is 0 Å². The molecule has 1 aliphatic rings. The first-order valence-electron chi connectivity index (χ1n) is 4.28. The molecule has 66 valence electrons. The summed E-state index contributed by atoms with van der Waals surface area (Å²) < 4.78 is 5.23. The third-order valence-electron chi connectivity index (χ3n) is 1.39. The van der Waals surface area contributed by atoms with Gasteiger partial charge in [0.2, 0.25) is 0 Å². The van der Waals surface area contributed by atoms with E-state index in [4.69, 9.17) is 9.84 Å². The molecule has 1 aliphatic heterocycles. The first-order valence-corrected chi connectivity index (χ1v) is 4.28. The highest BCUT2D eigenvalue weighted by atomic mass is 16.5. The van der Waals surface area contributed by atoms with Gasteiger partial charge in [-0.15, -0.1) is 0 Å². The van der Waals surface area contributed by atoms with Crippen LogP contribution in [-0.2, 0) is 4.74 Å². The second kappa shape index (κ2) is 6.23. The Hall–Kier alpha value is -0.500. The molecule has 1 heterocycles. The van der Waals surface area contributed by atoms with E-state index in [9.17, 15) is 0 Å². The van der Waals surface area contributed by atoms with Crippen LogP contribution < -0.4 is 0 Å². The van der Waals surface area contributed by atoms with Crippen molar-refractivity contribution in [2.24, 2.45) is 0 Å². The van der Waals surface area contributed by atoms with Crippen molar-refractivity contribution in [3.63, 3.8) is 0 Å². The summed E-state index contributed by atoms with van der Waals surface area (Å²) in [7, 11) is 0. The van der Waals surface area contributed by atoms with Crippen molar-refractivity contribution in [2.75, 3.05) is 6.61 Å². The van der Waals surface area contributed by atoms with Gasteiger partial charge in [0, 0.05) is 6.61 Å². The lowest BCUT2D eigenvalue weighted by atomic mass is 10.2. The third-order valence-corrected chi connectivity index (χ3v) is 1.39. The van der Waals surface area contributed by atoms with E-state index >= 15 is 0 Å². The lowest BCUT2D eigenvalue weighted by molar-refractivity contribution is 0.142. The van der Waals surface area contributed by atoms with Crippen molar-refractivity contribution in [3.8, 4) is 0 Å². The van der Waals surface area contributed by atoms with Crippen LogP contribution in [0.3, 0.4) is 0 Å². The standard InChI is InChI=1S/C7H12O2.C2H6/c1-6(8)5-7-3-2-4-9-7;1-2/h5,7-8H,2-4H2,1H3;1-2H3/b6-5-;. The molecule has 0 bridgehead atoms. The molecule has 0 aliphatic carbocycles. The first-order chi connectivity index (χ1) is 5.29. The Kier molecular flexibility index (Phi) is 5.94. The normalized spacial score (nSPS) is 24.3. The molecule has 0 aromatic heterocycles. The van der Waals surface area contributed by atoms with E-state index in [1.807, 2.05) is 13.8 Å². The predicted molar refractivity (Wildman–Crippen MR) is 46.7 cm³/mol. The molecule has 1 fully saturated rings. The number of aliphatic hydroxyl groups is 1. The summed E-state index contributed by atoms with van der Waals surface area (Å²) in [4.78, 5) is 0. The highest BCUT2D eigenvalue weighted by Crippen LogP contribution is 2.13. The molecule has 1 N–H and O–H groups in total. The topological polar surface area (TPSA) is 29.5 Å². The maximum Gasteiger partial charge on any atom is 0.0877 e.